The second-order valence-electron chi connectivity index (χ2n) is 3.57. The predicted octanol–water partition coefficient (Wildman–Crippen LogP) is 2.79. The van der Waals surface area contributed by atoms with Crippen molar-refractivity contribution in [3.05, 3.63) is 34.4 Å². The number of likely N-dealkylation sites (N-methyl/N-ethyl adjacent to an activating group) is 1. The molecule has 2 nitrogen and oxygen atoms in total. The Morgan fingerprint density at radius 1 is 1.24 bits per heavy atom. The molecular formula is C12H16ClF2NO. The molecule has 0 atom stereocenters. The molecule has 0 aromatic heterocycles. The van der Waals surface area contributed by atoms with Crippen molar-refractivity contribution < 1.29 is 13.5 Å². The van der Waals surface area contributed by atoms with Gasteiger partial charge in [-0.25, -0.2) is 8.78 Å². The molecule has 0 radical (unpaired) electrons. The summed E-state index contributed by atoms with van der Waals surface area (Å²) in [7, 11) is 0. The Hall–Kier alpha value is -0.710. The van der Waals surface area contributed by atoms with Crippen molar-refractivity contribution in [3.63, 3.8) is 0 Å². The summed E-state index contributed by atoms with van der Waals surface area (Å²) in [4.78, 5) is 0. The highest BCUT2D eigenvalue weighted by Gasteiger charge is 2.07. The molecule has 0 aliphatic rings. The number of hydrogen-bond acceptors (Lipinski definition) is 2. The van der Waals surface area contributed by atoms with Gasteiger partial charge in [0.05, 0.1) is 13.2 Å². The smallest absolute Gasteiger partial charge is 0.160 e. The van der Waals surface area contributed by atoms with Crippen molar-refractivity contribution in [3.8, 4) is 0 Å². The van der Waals surface area contributed by atoms with Crippen molar-refractivity contribution in [2.45, 2.75) is 13.3 Å². The van der Waals surface area contributed by atoms with Crippen LogP contribution in [0.25, 0.3) is 0 Å². The number of hydrogen-bond donors (Lipinski definition) is 1. The first-order valence-corrected chi connectivity index (χ1v) is 5.94. The molecule has 0 amide bonds. The SMILES string of the molecule is CCNCCOCCc1cc(F)c(F)cc1Cl. The molecule has 0 unspecified atom stereocenters. The quantitative estimate of drug-likeness (QED) is 0.603. The number of rotatable bonds is 7. The van der Waals surface area contributed by atoms with Gasteiger partial charge in [-0.15, -0.1) is 0 Å². The van der Waals surface area contributed by atoms with Crippen LogP contribution in [0, 0.1) is 11.6 Å². The Morgan fingerprint density at radius 2 is 1.94 bits per heavy atom. The fraction of sp³-hybridized carbons (Fsp3) is 0.500. The third-order valence-corrected chi connectivity index (χ3v) is 2.63. The fourth-order valence-corrected chi connectivity index (χ4v) is 1.61. The minimum atomic E-state index is -0.924. The van der Waals surface area contributed by atoms with E-state index in [2.05, 4.69) is 5.32 Å². The van der Waals surface area contributed by atoms with Crippen molar-refractivity contribution in [2.24, 2.45) is 0 Å². The molecule has 0 spiro atoms. The third kappa shape index (κ3) is 4.98. The molecule has 0 bridgehead atoms. The standard InChI is InChI=1S/C12H16ClF2NO/c1-2-16-4-6-17-5-3-9-7-11(14)12(15)8-10(9)13/h7-8,16H,2-6H2,1H3. The molecular weight excluding hydrogens is 248 g/mol. The zero-order valence-electron chi connectivity index (χ0n) is 9.73. The molecule has 0 heterocycles. The van der Waals surface area contributed by atoms with Crippen LogP contribution in [0.3, 0.4) is 0 Å². The molecule has 0 aliphatic heterocycles. The minimum absolute atomic E-state index is 0.235. The van der Waals surface area contributed by atoms with E-state index in [4.69, 9.17) is 16.3 Å². The Kier molecular flexibility index (Phi) is 6.40. The predicted molar refractivity (Wildman–Crippen MR) is 64.4 cm³/mol. The maximum absolute atomic E-state index is 13.0. The average Bonchev–Trinajstić information content (AvgIpc) is 2.30. The molecule has 0 saturated carbocycles. The minimum Gasteiger partial charge on any atom is -0.380 e. The van der Waals surface area contributed by atoms with Crippen LogP contribution in [-0.2, 0) is 11.2 Å². The molecule has 1 N–H and O–H groups in total. The van der Waals surface area contributed by atoms with Gasteiger partial charge in [-0.2, -0.15) is 0 Å². The first kappa shape index (κ1) is 14.4. The zero-order valence-corrected chi connectivity index (χ0v) is 10.5. The summed E-state index contributed by atoms with van der Waals surface area (Å²) in [6.45, 7) is 4.73. The van der Waals surface area contributed by atoms with Gasteiger partial charge in [-0.3, -0.25) is 0 Å². The van der Waals surface area contributed by atoms with E-state index in [0.717, 1.165) is 25.2 Å². The van der Waals surface area contributed by atoms with Gasteiger partial charge in [0.2, 0.25) is 0 Å². The van der Waals surface area contributed by atoms with Gasteiger partial charge in [0, 0.05) is 11.6 Å². The zero-order chi connectivity index (χ0) is 12.7. The second-order valence-corrected chi connectivity index (χ2v) is 3.98. The first-order chi connectivity index (χ1) is 8.15. The molecule has 1 aromatic rings. The Balaban J connectivity index is 2.34. The Morgan fingerprint density at radius 3 is 2.65 bits per heavy atom. The van der Waals surface area contributed by atoms with Gasteiger partial charge < -0.3 is 10.1 Å². The Bertz CT molecular complexity index is 361. The summed E-state index contributed by atoms with van der Waals surface area (Å²) in [6, 6.07) is 2.11. The lowest BCUT2D eigenvalue weighted by atomic mass is 10.1. The van der Waals surface area contributed by atoms with E-state index in [9.17, 15) is 8.78 Å². The van der Waals surface area contributed by atoms with Gasteiger partial charge in [-0.1, -0.05) is 18.5 Å². The normalized spacial score (nSPS) is 10.8. The summed E-state index contributed by atoms with van der Waals surface area (Å²) in [5.41, 5.74) is 0.564. The lowest BCUT2D eigenvalue weighted by Crippen LogP contribution is -2.19. The molecule has 0 saturated heterocycles. The highest BCUT2D eigenvalue weighted by molar-refractivity contribution is 6.31. The summed E-state index contributed by atoms with van der Waals surface area (Å²) >= 11 is 5.79. The van der Waals surface area contributed by atoms with Crippen LogP contribution < -0.4 is 5.32 Å². The highest BCUT2D eigenvalue weighted by Crippen LogP contribution is 2.20. The van der Waals surface area contributed by atoms with Crippen molar-refractivity contribution in [2.75, 3.05) is 26.3 Å². The van der Waals surface area contributed by atoms with Gasteiger partial charge >= 0.3 is 0 Å². The second kappa shape index (κ2) is 7.58. The van der Waals surface area contributed by atoms with Gasteiger partial charge in [0.15, 0.2) is 11.6 Å². The lowest BCUT2D eigenvalue weighted by molar-refractivity contribution is 0.139. The highest BCUT2D eigenvalue weighted by atomic mass is 35.5. The molecule has 1 rings (SSSR count). The first-order valence-electron chi connectivity index (χ1n) is 5.57. The van der Waals surface area contributed by atoms with Crippen LogP contribution in [0.4, 0.5) is 8.78 Å². The Labute approximate surface area is 105 Å². The van der Waals surface area contributed by atoms with Crippen LogP contribution in [0.2, 0.25) is 5.02 Å². The molecule has 1 aromatic carbocycles. The molecule has 5 heteroatoms. The number of benzene rings is 1. The van der Waals surface area contributed by atoms with Crippen LogP contribution in [0.15, 0.2) is 12.1 Å². The van der Waals surface area contributed by atoms with Gasteiger partial charge in [0.25, 0.3) is 0 Å². The number of nitrogens with one attached hydrogen (secondary N) is 1. The topological polar surface area (TPSA) is 21.3 Å². The maximum atomic E-state index is 13.0. The number of halogens is 3. The van der Waals surface area contributed by atoms with Crippen molar-refractivity contribution >= 4 is 11.6 Å². The lowest BCUT2D eigenvalue weighted by Gasteiger charge is -2.07. The summed E-state index contributed by atoms with van der Waals surface area (Å²) < 4.78 is 31.1. The molecule has 17 heavy (non-hydrogen) atoms. The third-order valence-electron chi connectivity index (χ3n) is 2.28. The monoisotopic (exact) mass is 263 g/mol. The summed E-state index contributed by atoms with van der Waals surface area (Å²) in [5.74, 6) is -1.80. The van der Waals surface area contributed by atoms with Crippen LogP contribution in [0.1, 0.15) is 12.5 Å². The van der Waals surface area contributed by atoms with E-state index < -0.39 is 11.6 Å². The molecule has 0 aliphatic carbocycles. The van der Waals surface area contributed by atoms with Crippen LogP contribution in [0.5, 0.6) is 0 Å². The summed E-state index contributed by atoms with van der Waals surface area (Å²) in [5, 5.41) is 3.35. The van der Waals surface area contributed by atoms with Crippen molar-refractivity contribution in [1.29, 1.82) is 0 Å². The van der Waals surface area contributed by atoms with Gasteiger partial charge in [-0.05, 0) is 30.7 Å². The largest absolute Gasteiger partial charge is 0.380 e. The summed E-state index contributed by atoms with van der Waals surface area (Å²) in [6.07, 6.45) is 0.474. The molecule has 0 fully saturated rings. The van der Waals surface area contributed by atoms with E-state index in [1.807, 2.05) is 6.92 Å². The molecule has 96 valence electrons. The van der Waals surface area contributed by atoms with Crippen LogP contribution in [-0.4, -0.2) is 26.3 Å². The van der Waals surface area contributed by atoms with E-state index in [1.165, 1.54) is 0 Å². The van der Waals surface area contributed by atoms with Crippen LogP contribution >= 0.6 is 11.6 Å². The van der Waals surface area contributed by atoms with E-state index in [-0.39, 0.29) is 5.02 Å². The van der Waals surface area contributed by atoms with E-state index >= 15 is 0 Å². The van der Waals surface area contributed by atoms with E-state index in [1.54, 1.807) is 0 Å². The van der Waals surface area contributed by atoms with E-state index in [0.29, 0.717) is 25.2 Å². The average molecular weight is 264 g/mol. The fourth-order valence-electron chi connectivity index (χ4n) is 1.36. The van der Waals surface area contributed by atoms with Gasteiger partial charge in [0.1, 0.15) is 0 Å². The van der Waals surface area contributed by atoms with Crippen molar-refractivity contribution in [1.82, 2.24) is 5.32 Å². The maximum Gasteiger partial charge on any atom is 0.160 e. The number of ether oxygens (including phenoxy) is 1.